The maximum Gasteiger partial charge on any atom is 0.145 e. The molecule has 1 aromatic rings. The van der Waals surface area contributed by atoms with Gasteiger partial charge in [0.05, 0.1) is 5.69 Å². The average molecular weight is 249 g/mol. The molecule has 0 unspecified atom stereocenters. The van der Waals surface area contributed by atoms with Crippen molar-refractivity contribution in [3.63, 3.8) is 0 Å². The van der Waals surface area contributed by atoms with Crippen molar-refractivity contribution in [1.82, 2.24) is 14.7 Å². The van der Waals surface area contributed by atoms with Gasteiger partial charge in [-0.15, -0.1) is 0 Å². The third-order valence-electron chi connectivity index (χ3n) is 2.91. The molecule has 0 aliphatic heterocycles. The average Bonchev–Trinajstić information content (AvgIpc) is 2.58. The van der Waals surface area contributed by atoms with Crippen molar-refractivity contribution in [2.45, 2.75) is 20.3 Å². The Morgan fingerprint density at radius 2 is 1.94 bits per heavy atom. The van der Waals surface area contributed by atoms with E-state index in [9.17, 15) is 5.26 Å². The molecule has 0 N–H and O–H groups in total. The van der Waals surface area contributed by atoms with Crippen LogP contribution >= 0.6 is 0 Å². The van der Waals surface area contributed by atoms with Gasteiger partial charge in [0, 0.05) is 26.7 Å². The van der Waals surface area contributed by atoms with Gasteiger partial charge in [0.1, 0.15) is 17.5 Å². The zero-order valence-electron chi connectivity index (χ0n) is 12.1. The van der Waals surface area contributed by atoms with Gasteiger partial charge in [0.2, 0.25) is 0 Å². The molecule has 0 radical (unpaired) electrons. The molecule has 1 aromatic heterocycles. The second-order valence-electron chi connectivity index (χ2n) is 4.81. The van der Waals surface area contributed by atoms with Crippen LogP contribution in [0.2, 0.25) is 0 Å². The summed E-state index contributed by atoms with van der Waals surface area (Å²) in [6.07, 6.45) is 1.06. The third kappa shape index (κ3) is 3.23. The summed E-state index contributed by atoms with van der Waals surface area (Å²) in [5.41, 5.74) is 1.51. The lowest BCUT2D eigenvalue weighted by molar-refractivity contribution is 0.411. The molecule has 0 amide bonds. The number of aryl methyl sites for hydroxylation is 2. The summed E-state index contributed by atoms with van der Waals surface area (Å²) < 4.78 is 1.82. The molecular weight excluding hydrogens is 226 g/mol. The standard InChI is InChI=1S/C13H23N5/c1-6-7-18(9-8-16(3)4)13-12(10-14)11(2)15-17(13)5/h6-9H2,1-5H3. The van der Waals surface area contributed by atoms with Crippen LogP contribution in [0.25, 0.3) is 0 Å². The van der Waals surface area contributed by atoms with Crippen LogP contribution in [0.4, 0.5) is 5.82 Å². The van der Waals surface area contributed by atoms with Crippen LogP contribution in [0.15, 0.2) is 0 Å². The largest absolute Gasteiger partial charge is 0.354 e. The summed E-state index contributed by atoms with van der Waals surface area (Å²) in [7, 11) is 6.02. The summed E-state index contributed by atoms with van der Waals surface area (Å²) >= 11 is 0. The molecule has 18 heavy (non-hydrogen) atoms. The second-order valence-corrected chi connectivity index (χ2v) is 4.81. The van der Waals surface area contributed by atoms with Crippen molar-refractivity contribution < 1.29 is 0 Å². The first-order chi connectivity index (χ1) is 8.51. The third-order valence-corrected chi connectivity index (χ3v) is 2.91. The van der Waals surface area contributed by atoms with Crippen LogP contribution in [0.3, 0.4) is 0 Å². The normalized spacial score (nSPS) is 10.7. The van der Waals surface area contributed by atoms with E-state index in [0.29, 0.717) is 5.56 Å². The molecule has 100 valence electrons. The molecule has 5 heteroatoms. The summed E-state index contributed by atoms with van der Waals surface area (Å²) in [5, 5.41) is 13.6. The lowest BCUT2D eigenvalue weighted by atomic mass is 10.2. The monoisotopic (exact) mass is 249 g/mol. The van der Waals surface area contributed by atoms with Gasteiger partial charge in [-0.2, -0.15) is 10.4 Å². The molecule has 0 saturated carbocycles. The molecule has 0 saturated heterocycles. The zero-order chi connectivity index (χ0) is 13.7. The van der Waals surface area contributed by atoms with E-state index in [2.05, 4.69) is 42.0 Å². The Morgan fingerprint density at radius 3 is 2.44 bits per heavy atom. The van der Waals surface area contributed by atoms with E-state index in [-0.39, 0.29) is 0 Å². The van der Waals surface area contributed by atoms with Crippen LogP contribution in [0, 0.1) is 18.3 Å². The molecule has 0 aromatic carbocycles. The highest BCUT2D eigenvalue weighted by Gasteiger charge is 2.18. The second kappa shape index (κ2) is 6.41. The van der Waals surface area contributed by atoms with Crippen LogP contribution < -0.4 is 4.90 Å². The Balaban J connectivity index is 3.01. The van der Waals surface area contributed by atoms with Gasteiger partial charge in [0.25, 0.3) is 0 Å². The van der Waals surface area contributed by atoms with E-state index in [1.54, 1.807) is 0 Å². The van der Waals surface area contributed by atoms with Gasteiger partial charge in [0.15, 0.2) is 0 Å². The number of nitriles is 1. The highest BCUT2D eigenvalue weighted by atomic mass is 15.4. The number of anilines is 1. The minimum atomic E-state index is 0.699. The maximum absolute atomic E-state index is 9.27. The molecule has 0 aliphatic carbocycles. The molecule has 1 heterocycles. The zero-order valence-corrected chi connectivity index (χ0v) is 12.1. The van der Waals surface area contributed by atoms with E-state index in [4.69, 9.17) is 0 Å². The fraction of sp³-hybridized carbons (Fsp3) is 0.692. The van der Waals surface area contributed by atoms with Crippen molar-refractivity contribution in [1.29, 1.82) is 5.26 Å². The number of likely N-dealkylation sites (N-methyl/N-ethyl adjacent to an activating group) is 1. The van der Waals surface area contributed by atoms with Crippen LogP contribution in [0.1, 0.15) is 24.6 Å². The predicted molar refractivity (Wildman–Crippen MR) is 73.7 cm³/mol. The van der Waals surface area contributed by atoms with Gasteiger partial charge >= 0.3 is 0 Å². The highest BCUT2D eigenvalue weighted by Crippen LogP contribution is 2.22. The lowest BCUT2D eigenvalue weighted by Gasteiger charge is -2.26. The summed E-state index contributed by atoms with van der Waals surface area (Å²) in [6.45, 7) is 6.86. The van der Waals surface area contributed by atoms with Gasteiger partial charge < -0.3 is 9.80 Å². The van der Waals surface area contributed by atoms with Crippen molar-refractivity contribution in [3.8, 4) is 6.07 Å². The smallest absolute Gasteiger partial charge is 0.145 e. The Kier molecular flexibility index (Phi) is 5.17. The molecule has 0 atom stereocenters. The van der Waals surface area contributed by atoms with Crippen molar-refractivity contribution in [3.05, 3.63) is 11.3 Å². The van der Waals surface area contributed by atoms with Crippen LogP contribution in [0.5, 0.6) is 0 Å². The number of aromatic nitrogens is 2. The summed E-state index contributed by atoms with van der Waals surface area (Å²) in [4.78, 5) is 4.40. The fourth-order valence-corrected chi connectivity index (χ4v) is 2.05. The van der Waals surface area contributed by atoms with E-state index < -0.39 is 0 Å². The molecule has 0 fully saturated rings. The number of hydrogen-bond acceptors (Lipinski definition) is 4. The lowest BCUT2D eigenvalue weighted by Crippen LogP contribution is -2.34. The Labute approximate surface area is 110 Å². The first kappa shape index (κ1) is 14.5. The Hall–Kier alpha value is -1.54. The summed E-state index contributed by atoms with van der Waals surface area (Å²) in [5.74, 6) is 0.943. The van der Waals surface area contributed by atoms with E-state index in [0.717, 1.165) is 37.6 Å². The van der Waals surface area contributed by atoms with E-state index in [1.807, 2.05) is 18.7 Å². The molecule has 0 spiro atoms. The highest BCUT2D eigenvalue weighted by molar-refractivity contribution is 5.56. The first-order valence-electron chi connectivity index (χ1n) is 6.34. The van der Waals surface area contributed by atoms with Crippen molar-refractivity contribution in [2.24, 2.45) is 7.05 Å². The maximum atomic E-state index is 9.27. The van der Waals surface area contributed by atoms with Gasteiger partial charge in [-0.05, 0) is 27.4 Å². The van der Waals surface area contributed by atoms with Gasteiger partial charge in [-0.1, -0.05) is 6.92 Å². The van der Waals surface area contributed by atoms with E-state index in [1.165, 1.54) is 0 Å². The minimum Gasteiger partial charge on any atom is -0.354 e. The van der Waals surface area contributed by atoms with Crippen LogP contribution in [-0.2, 0) is 7.05 Å². The number of rotatable bonds is 6. The Morgan fingerprint density at radius 1 is 1.28 bits per heavy atom. The van der Waals surface area contributed by atoms with Gasteiger partial charge in [-0.3, -0.25) is 4.68 Å². The van der Waals surface area contributed by atoms with Crippen molar-refractivity contribution in [2.75, 3.05) is 38.6 Å². The molecular formula is C13H23N5. The van der Waals surface area contributed by atoms with Crippen LogP contribution in [-0.4, -0.2) is 48.4 Å². The van der Waals surface area contributed by atoms with Gasteiger partial charge in [-0.25, -0.2) is 0 Å². The molecule has 5 nitrogen and oxygen atoms in total. The topological polar surface area (TPSA) is 48.1 Å². The van der Waals surface area contributed by atoms with E-state index >= 15 is 0 Å². The number of hydrogen-bond donors (Lipinski definition) is 0. The molecule has 0 bridgehead atoms. The number of nitrogens with zero attached hydrogens (tertiary/aromatic N) is 5. The molecule has 1 rings (SSSR count). The fourth-order valence-electron chi connectivity index (χ4n) is 2.05. The SMILES string of the molecule is CCCN(CCN(C)C)c1c(C#N)c(C)nn1C. The quantitative estimate of drug-likeness (QED) is 0.764. The predicted octanol–water partition coefficient (Wildman–Crippen LogP) is 1.38. The Bertz CT molecular complexity index is 427. The first-order valence-corrected chi connectivity index (χ1v) is 6.34. The minimum absolute atomic E-state index is 0.699. The molecule has 0 aliphatic rings. The summed E-state index contributed by atoms with van der Waals surface area (Å²) in [6, 6.07) is 2.27. The van der Waals surface area contributed by atoms with Crippen molar-refractivity contribution >= 4 is 5.82 Å².